The second-order valence-electron chi connectivity index (χ2n) is 7.00. The SMILES string of the molecule is CC(C)CC(CN)NC(=O)CCCC[C@@H]1SC[C@@H]2NC(=O)N[C@@H]21.Cl. The van der Waals surface area contributed by atoms with Gasteiger partial charge in [-0.25, -0.2) is 4.79 Å². The van der Waals surface area contributed by atoms with Gasteiger partial charge in [0.1, 0.15) is 0 Å². The van der Waals surface area contributed by atoms with Gasteiger partial charge in [0.15, 0.2) is 0 Å². The van der Waals surface area contributed by atoms with Crippen LogP contribution in [0.4, 0.5) is 4.79 Å². The topological polar surface area (TPSA) is 96.2 Å². The lowest BCUT2D eigenvalue weighted by Crippen LogP contribution is -2.41. The van der Waals surface area contributed by atoms with Gasteiger partial charge in [-0.15, -0.1) is 12.4 Å². The zero-order valence-electron chi connectivity index (χ0n) is 14.5. The van der Waals surface area contributed by atoms with Gasteiger partial charge < -0.3 is 21.7 Å². The fourth-order valence-corrected chi connectivity index (χ4v) is 4.90. The number of carbonyl (C=O) groups excluding carboxylic acids is 2. The highest BCUT2D eigenvalue weighted by Crippen LogP contribution is 2.33. The van der Waals surface area contributed by atoms with Gasteiger partial charge in [-0.2, -0.15) is 11.8 Å². The fourth-order valence-electron chi connectivity index (χ4n) is 3.36. The first-order chi connectivity index (χ1) is 11.0. The number of nitrogens with two attached hydrogens (primary N) is 1. The van der Waals surface area contributed by atoms with E-state index in [1.807, 2.05) is 11.8 Å². The van der Waals surface area contributed by atoms with Gasteiger partial charge in [-0.3, -0.25) is 4.79 Å². The van der Waals surface area contributed by atoms with E-state index in [2.05, 4.69) is 29.8 Å². The maximum absolute atomic E-state index is 12.0. The van der Waals surface area contributed by atoms with E-state index in [9.17, 15) is 9.59 Å². The molecule has 0 bridgehead atoms. The van der Waals surface area contributed by atoms with Crippen LogP contribution >= 0.6 is 24.2 Å². The second-order valence-corrected chi connectivity index (χ2v) is 8.27. The van der Waals surface area contributed by atoms with E-state index in [4.69, 9.17) is 5.73 Å². The minimum atomic E-state index is -0.0392. The van der Waals surface area contributed by atoms with Crippen molar-refractivity contribution in [2.75, 3.05) is 12.3 Å². The fraction of sp³-hybridized carbons (Fsp3) is 0.875. The Balaban J connectivity index is 0.00000288. The van der Waals surface area contributed by atoms with Crippen molar-refractivity contribution >= 4 is 36.1 Å². The third-order valence-electron chi connectivity index (χ3n) is 4.49. The van der Waals surface area contributed by atoms with E-state index in [-0.39, 0.29) is 42.5 Å². The van der Waals surface area contributed by atoms with Crippen LogP contribution in [0.2, 0.25) is 0 Å². The molecule has 6 nitrogen and oxygen atoms in total. The molecule has 0 aliphatic carbocycles. The van der Waals surface area contributed by atoms with Crippen LogP contribution in [0, 0.1) is 5.92 Å². The van der Waals surface area contributed by atoms with Crippen molar-refractivity contribution in [1.29, 1.82) is 0 Å². The van der Waals surface area contributed by atoms with E-state index in [0.29, 0.717) is 24.1 Å². The van der Waals surface area contributed by atoms with Crippen LogP contribution in [-0.4, -0.2) is 47.6 Å². The standard InChI is InChI=1S/C16H30N4O2S.ClH/c1-10(2)7-11(8-17)18-14(21)6-4-3-5-13-15-12(9-23-13)19-16(22)20-15;/h10-13,15H,3-9,17H2,1-2H3,(H,18,21)(H2,19,20,22);1H/t11?,12-,13-,15-;/m0./s1. The first kappa shape index (κ1) is 21.4. The summed E-state index contributed by atoms with van der Waals surface area (Å²) in [5, 5.41) is 9.46. The number of halogens is 1. The van der Waals surface area contributed by atoms with Gasteiger partial charge in [-0.05, 0) is 25.2 Å². The van der Waals surface area contributed by atoms with E-state index in [0.717, 1.165) is 31.4 Å². The summed E-state index contributed by atoms with van der Waals surface area (Å²) >= 11 is 1.92. The van der Waals surface area contributed by atoms with Crippen LogP contribution in [-0.2, 0) is 4.79 Å². The number of amides is 3. The van der Waals surface area contributed by atoms with Gasteiger partial charge >= 0.3 is 6.03 Å². The first-order valence-electron chi connectivity index (χ1n) is 8.67. The summed E-state index contributed by atoms with van der Waals surface area (Å²) in [5.74, 6) is 1.63. The molecule has 0 spiro atoms. The smallest absolute Gasteiger partial charge is 0.315 e. The Bertz CT molecular complexity index is 425. The highest BCUT2D eigenvalue weighted by atomic mass is 35.5. The van der Waals surface area contributed by atoms with Crippen LogP contribution in [0.25, 0.3) is 0 Å². The Hall–Kier alpha value is -0.660. The van der Waals surface area contributed by atoms with Crippen molar-refractivity contribution in [3.63, 3.8) is 0 Å². The third-order valence-corrected chi connectivity index (χ3v) is 5.99. The first-order valence-corrected chi connectivity index (χ1v) is 9.72. The molecule has 2 rings (SSSR count). The molecule has 0 saturated carbocycles. The predicted octanol–water partition coefficient (Wildman–Crippen LogP) is 1.62. The number of thioether (sulfide) groups is 1. The molecule has 140 valence electrons. The van der Waals surface area contributed by atoms with Crippen molar-refractivity contribution in [1.82, 2.24) is 16.0 Å². The average molecular weight is 379 g/mol. The molecule has 0 radical (unpaired) electrons. The van der Waals surface area contributed by atoms with E-state index >= 15 is 0 Å². The van der Waals surface area contributed by atoms with E-state index in [1.54, 1.807) is 0 Å². The number of urea groups is 1. The predicted molar refractivity (Wildman–Crippen MR) is 102 cm³/mol. The minimum absolute atomic E-state index is 0. The van der Waals surface area contributed by atoms with Crippen molar-refractivity contribution in [2.45, 2.75) is 69.3 Å². The van der Waals surface area contributed by atoms with Gasteiger partial charge in [0, 0.05) is 30.0 Å². The summed E-state index contributed by atoms with van der Waals surface area (Å²) in [5.41, 5.74) is 5.71. The van der Waals surface area contributed by atoms with Gasteiger partial charge in [0.25, 0.3) is 0 Å². The number of hydrogen-bond donors (Lipinski definition) is 4. The van der Waals surface area contributed by atoms with Gasteiger partial charge in [0.2, 0.25) is 5.91 Å². The zero-order valence-corrected chi connectivity index (χ0v) is 16.2. The van der Waals surface area contributed by atoms with E-state index < -0.39 is 0 Å². The summed E-state index contributed by atoms with van der Waals surface area (Å²) in [4.78, 5) is 23.3. The quantitative estimate of drug-likeness (QED) is 0.362. The molecule has 24 heavy (non-hydrogen) atoms. The van der Waals surface area contributed by atoms with Crippen LogP contribution in [0.3, 0.4) is 0 Å². The summed E-state index contributed by atoms with van der Waals surface area (Å²) in [7, 11) is 0. The largest absolute Gasteiger partial charge is 0.352 e. The van der Waals surface area contributed by atoms with Gasteiger partial charge in [0.05, 0.1) is 12.1 Å². The summed E-state index contributed by atoms with van der Waals surface area (Å²) in [6.07, 6.45) is 4.44. The molecule has 1 unspecified atom stereocenters. The molecule has 2 saturated heterocycles. The zero-order chi connectivity index (χ0) is 16.8. The highest BCUT2D eigenvalue weighted by Gasteiger charge is 2.42. The van der Waals surface area contributed by atoms with Crippen LogP contribution in [0.15, 0.2) is 0 Å². The Labute approximate surface area is 155 Å². The Morgan fingerprint density at radius 1 is 1.38 bits per heavy atom. The molecular weight excluding hydrogens is 348 g/mol. The van der Waals surface area contributed by atoms with Crippen molar-refractivity contribution in [3.8, 4) is 0 Å². The van der Waals surface area contributed by atoms with Gasteiger partial charge in [-0.1, -0.05) is 20.3 Å². The highest BCUT2D eigenvalue weighted by molar-refractivity contribution is 8.00. The number of hydrogen-bond acceptors (Lipinski definition) is 4. The molecule has 0 aromatic rings. The van der Waals surface area contributed by atoms with Crippen LogP contribution < -0.4 is 21.7 Å². The molecule has 4 atom stereocenters. The summed E-state index contributed by atoms with van der Waals surface area (Å²) in [6.45, 7) is 4.77. The number of unbranched alkanes of at least 4 members (excludes halogenated alkanes) is 1. The molecule has 2 heterocycles. The number of nitrogens with one attached hydrogen (secondary N) is 3. The second kappa shape index (κ2) is 10.4. The van der Waals surface area contributed by atoms with Crippen molar-refractivity contribution in [3.05, 3.63) is 0 Å². The molecule has 3 amide bonds. The number of fused-ring (bicyclic) bond motifs is 1. The summed E-state index contributed by atoms with van der Waals surface area (Å²) < 4.78 is 0. The molecular formula is C16H31ClN4O2S. The van der Waals surface area contributed by atoms with Crippen molar-refractivity contribution < 1.29 is 9.59 Å². The Morgan fingerprint density at radius 3 is 2.79 bits per heavy atom. The molecule has 0 aromatic heterocycles. The molecule has 5 N–H and O–H groups in total. The van der Waals surface area contributed by atoms with E-state index in [1.165, 1.54) is 0 Å². The lowest BCUT2D eigenvalue weighted by atomic mass is 10.0. The Morgan fingerprint density at radius 2 is 2.12 bits per heavy atom. The molecule has 8 heteroatoms. The number of carbonyl (C=O) groups is 2. The lowest BCUT2D eigenvalue weighted by molar-refractivity contribution is -0.121. The summed E-state index contributed by atoms with van der Waals surface area (Å²) in [6, 6.07) is 0.590. The van der Waals surface area contributed by atoms with Crippen LogP contribution in [0.5, 0.6) is 0 Å². The molecule has 0 aromatic carbocycles. The lowest BCUT2D eigenvalue weighted by Gasteiger charge is -2.19. The number of rotatable bonds is 9. The van der Waals surface area contributed by atoms with Crippen molar-refractivity contribution in [2.24, 2.45) is 11.7 Å². The van der Waals surface area contributed by atoms with Crippen LogP contribution in [0.1, 0.15) is 46.0 Å². The molecule has 2 aliphatic rings. The normalized spacial score (nSPS) is 26.3. The monoisotopic (exact) mass is 378 g/mol. The third kappa shape index (κ3) is 6.33. The molecule has 2 fully saturated rings. The Kier molecular flexibility index (Phi) is 9.23. The molecule has 2 aliphatic heterocycles. The maximum Gasteiger partial charge on any atom is 0.315 e. The minimum Gasteiger partial charge on any atom is -0.352 e. The maximum atomic E-state index is 12.0. The average Bonchev–Trinajstić information content (AvgIpc) is 3.02.